The van der Waals surface area contributed by atoms with Crippen molar-refractivity contribution in [2.45, 2.75) is 122 Å². The summed E-state index contributed by atoms with van der Waals surface area (Å²) in [7, 11) is 0. The third kappa shape index (κ3) is 13.3. The van der Waals surface area contributed by atoms with E-state index in [9.17, 15) is 39.0 Å². The first-order valence-electron chi connectivity index (χ1n) is 15.1. The molecule has 2 saturated heterocycles. The van der Waals surface area contributed by atoms with Gasteiger partial charge in [0, 0.05) is 53.9 Å². The highest BCUT2D eigenvalue weighted by atomic mass is 32.2. The summed E-state index contributed by atoms with van der Waals surface area (Å²) in [6.45, 7) is 5.96. The van der Waals surface area contributed by atoms with E-state index < -0.39 is 104 Å². The van der Waals surface area contributed by atoms with Crippen molar-refractivity contribution in [2.75, 3.05) is 25.6 Å². The van der Waals surface area contributed by atoms with Crippen molar-refractivity contribution < 1.29 is 76.9 Å². The van der Waals surface area contributed by atoms with Crippen molar-refractivity contribution in [3.63, 3.8) is 0 Å². The third-order valence-corrected chi connectivity index (χ3v) is 7.74. The molecule has 0 spiro atoms. The summed E-state index contributed by atoms with van der Waals surface area (Å²) in [5, 5.41) is 23.9. The number of hydrogen-bond acceptors (Lipinski definition) is 17. The summed E-state index contributed by atoms with van der Waals surface area (Å²) >= 11 is 1.22. The number of esters is 4. The molecule has 0 aromatic heterocycles. The topological polar surface area (TPSA) is 229 Å². The van der Waals surface area contributed by atoms with Crippen molar-refractivity contribution in [1.29, 1.82) is 0 Å². The number of carbonyl (C=O) groups excluding carboxylic acids is 6. The maximum atomic E-state index is 12.3. The molecular weight excluding hydrogens is 650 g/mol. The van der Waals surface area contributed by atoms with E-state index in [1.807, 2.05) is 0 Å². The molecule has 2 rings (SSSR count). The second-order valence-corrected chi connectivity index (χ2v) is 12.2. The Morgan fingerprint density at radius 2 is 1.32 bits per heavy atom. The van der Waals surface area contributed by atoms with Gasteiger partial charge in [-0.3, -0.25) is 28.8 Å². The molecule has 2 aliphatic heterocycles. The lowest BCUT2D eigenvalue weighted by atomic mass is 9.95. The zero-order valence-corrected chi connectivity index (χ0v) is 28.1. The van der Waals surface area contributed by atoms with Gasteiger partial charge >= 0.3 is 23.9 Å². The van der Waals surface area contributed by atoms with Crippen LogP contribution in [0.2, 0.25) is 0 Å². The second kappa shape index (κ2) is 19.8. The Balaban J connectivity index is 2.44. The number of thioether (sulfide) groups is 1. The van der Waals surface area contributed by atoms with E-state index in [1.165, 1.54) is 25.6 Å². The molecule has 47 heavy (non-hydrogen) atoms. The molecule has 2 heterocycles. The van der Waals surface area contributed by atoms with Gasteiger partial charge in [0.05, 0.1) is 6.61 Å². The Hall–Kier alpha value is -2.87. The van der Waals surface area contributed by atoms with E-state index in [0.717, 1.165) is 34.1 Å². The molecule has 0 aromatic rings. The van der Waals surface area contributed by atoms with Crippen LogP contribution in [0.1, 0.15) is 60.8 Å². The fraction of sp³-hybridized carbons (Fsp3) is 0.793. The summed E-state index contributed by atoms with van der Waals surface area (Å²) in [4.78, 5) is 71.5. The molecule has 0 bridgehead atoms. The highest BCUT2D eigenvalue weighted by Crippen LogP contribution is 2.33. The quantitative estimate of drug-likeness (QED) is 0.105. The first-order valence-corrected chi connectivity index (χ1v) is 16.1. The highest BCUT2D eigenvalue weighted by Gasteiger charge is 2.56. The smallest absolute Gasteiger partial charge is 0.303 e. The van der Waals surface area contributed by atoms with E-state index >= 15 is 0 Å². The highest BCUT2D eigenvalue weighted by molar-refractivity contribution is 8.13. The van der Waals surface area contributed by atoms with Crippen LogP contribution in [0.4, 0.5) is 0 Å². The predicted molar refractivity (Wildman–Crippen MR) is 159 cm³/mol. The number of aliphatic hydroxyl groups is 2. The van der Waals surface area contributed by atoms with Crippen LogP contribution in [0.15, 0.2) is 0 Å². The molecule has 0 aromatic carbocycles. The van der Waals surface area contributed by atoms with E-state index in [2.05, 4.69) is 5.32 Å². The lowest BCUT2D eigenvalue weighted by Crippen LogP contribution is -2.69. The number of unbranched alkanes of at least 4 members (excludes halogenated alkanes) is 2. The number of hydrogen-bond donors (Lipinski definition) is 3. The van der Waals surface area contributed by atoms with Crippen LogP contribution >= 0.6 is 11.8 Å². The van der Waals surface area contributed by atoms with Crippen LogP contribution < -0.4 is 5.32 Å². The summed E-state index contributed by atoms with van der Waals surface area (Å²) in [6, 6.07) is -1.22. The first-order chi connectivity index (χ1) is 22.1. The van der Waals surface area contributed by atoms with Gasteiger partial charge in [0.1, 0.15) is 37.1 Å². The summed E-state index contributed by atoms with van der Waals surface area (Å²) < 4.78 is 45.2. The summed E-state index contributed by atoms with van der Waals surface area (Å²) in [6.07, 6.45) is -11.2. The van der Waals surface area contributed by atoms with Crippen LogP contribution in [-0.4, -0.2) is 132 Å². The van der Waals surface area contributed by atoms with Crippen LogP contribution in [0.3, 0.4) is 0 Å². The van der Waals surface area contributed by atoms with Gasteiger partial charge in [0.2, 0.25) is 5.91 Å². The molecule has 268 valence electrons. The van der Waals surface area contributed by atoms with Gasteiger partial charge in [-0.2, -0.15) is 0 Å². The van der Waals surface area contributed by atoms with Gasteiger partial charge in [0.25, 0.3) is 0 Å². The van der Waals surface area contributed by atoms with Crippen LogP contribution in [-0.2, 0) is 66.7 Å². The molecule has 2 aliphatic rings. The Morgan fingerprint density at radius 3 is 1.87 bits per heavy atom. The molecule has 17 nitrogen and oxygen atoms in total. The Labute approximate surface area is 276 Å². The summed E-state index contributed by atoms with van der Waals surface area (Å²) in [5.74, 6) is -3.17. The number of nitrogens with one attached hydrogen (secondary N) is 1. The Kier molecular flexibility index (Phi) is 17.0. The fourth-order valence-corrected chi connectivity index (χ4v) is 5.65. The molecule has 4 unspecified atom stereocenters. The summed E-state index contributed by atoms with van der Waals surface area (Å²) in [5.41, 5.74) is 0. The molecule has 10 atom stereocenters. The van der Waals surface area contributed by atoms with E-state index in [0.29, 0.717) is 18.6 Å². The minimum atomic E-state index is -1.69. The van der Waals surface area contributed by atoms with Crippen molar-refractivity contribution >= 4 is 46.7 Å². The predicted octanol–water partition coefficient (Wildman–Crippen LogP) is -0.496. The van der Waals surface area contributed by atoms with Crippen molar-refractivity contribution in [1.82, 2.24) is 5.32 Å². The minimum absolute atomic E-state index is 0.0197. The Bertz CT molecular complexity index is 1090. The lowest BCUT2D eigenvalue weighted by Gasteiger charge is -2.48. The van der Waals surface area contributed by atoms with E-state index in [-0.39, 0.29) is 11.7 Å². The van der Waals surface area contributed by atoms with Crippen LogP contribution in [0, 0.1) is 0 Å². The zero-order valence-electron chi connectivity index (χ0n) is 27.2. The normalized spacial score (nSPS) is 30.5. The molecular formula is C29H45NO16S. The van der Waals surface area contributed by atoms with Gasteiger partial charge in [-0.25, -0.2) is 0 Å². The minimum Gasteiger partial charge on any atom is -0.463 e. The average molecular weight is 696 g/mol. The van der Waals surface area contributed by atoms with Gasteiger partial charge in [-0.05, 0) is 12.8 Å². The zero-order chi connectivity index (χ0) is 35.3. The first kappa shape index (κ1) is 40.3. The van der Waals surface area contributed by atoms with E-state index in [1.54, 1.807) is 0 Å². The van der Waals surface area contributed by atoms with Crippen LogP contribution in [0.5, 0.6) is 0 Å². The SMILES string of the molecule is CC(=O)NC1[C@H](OCCCCCSC(C)=O)OC(CO)[C@H](O)[C@@H]1O[C@@H]1OC(COC(C)=O)[C@H](OC(C)=O)[C@H](OC(C)=O)C1OC(C)=O. The monoisotopic (exact) mass is 695 g/mol. The lowest BCUT2D eigenvalue weighted by molar-refractivity contribution is -0.346. The number of aliphatic hydroxyl groups excluding tert-OH is 2. The number of ether oxygens (including phenoxy) is 8. The van der Waals surface area contributed by atoms with Gasteiger partial charge in [-0.15, -0.1) is 0 Å². The van der Waals surface area contributed by atoms with Gasteiger partial charge in [-0.1, -0.05) is 18.2 Å². The Morgan fingerprint density at radius 1 is 0.723 bits per heavy atom. The number of carbonyl (C=O) groups is 6. The van der Waals surface area contributed by atoms with Crippen molar-refractivity contribution in [2.24, 2.45) is 0 Å². The van der Waals surface area contributed by atoms with Crippen molar-refractivity contribution in [3.05, 3.63) is 0 Å². The molecule has 0 aliphatic carbocycles. The van der Waals surface area contributed by atoms with Crippen molar-refractivity contribution in [3.8, 4) is 0 Å². The van der Waals surface area contributed by atoms with Gasteiger partial charge in [0.15, 0.2) is 36.0 Å². The standard InChI is InChI=1S/C29H45NO16S/c1-14(32)30-22-25(23(38)20(12-31)44-28(22)39-10-8-7-9-11-47-19(6)37)46-29-27(43-18(5)36)26(42-17(4)35)24(41-16(3)34)21(45-29)13-40-15(2)33/h20-29,31,38H,7-13H2,1-6H3,(H,30,32)/t20?,21?,22?,23-,24-,25+,26-,27?,28+,29-/m0/s1. The number of amides is 1. The number of rotatable bonds is 16. The molecule has 2 fully saturated rings. The molecule has 0 radical (unpaired) electrons. The molecule has 1 amide bonds. The molecule has 0 saturated carbocycles. The fourth-order valence-electron chi connectivity index (χ4n) is 5.01. The maximum absolute atomic E-state index is 12.3. The third-order valence-electron chi connectivity index (χ3n) is 6.84. The molecule has 18 heteroatoms. The van der Waals surface area contributed by atoms with Gasteiger partial charge < -0.3 is 53.4 Å². The molecule has 3 N–H and O–H groups in total. The van der Waals surface area contributed by atoms with Crippen LogP contribution in [0.25, 0.3) is 0 Å². The van der Waals surface area contributed by atoms with E-state index in [4.69, 9.17) is 37.9 Å². The largest absolute Gasteiger partial charge is 0.463 e. The average Bonchev–Trinajstić information content (AvgIpc) is 2.96. The second-order valence-electron chi connectivity index (χ2n) is 10.9. The maximum Gasteiger partial charge on any atom is 0.303 e.